The minimum atomic E-state index is -0.506. The van der Waals surface area contributed by atoms with Crippen LogP contribution in [-0.2, 0) is 4.79 Å². The maximum absolute atomic E-state index is 13.3. The van der Waals surface area contributed by atoms with Gasteiger partial charge in [0, 0.05) is 12.2 Å². The Morgan fingerprint density at radius 3 is 2.58 bits per heavy atom. The number of methoxy groups -OCH3 is 1. The number of carbonyl (C=O) groups is 1. The van der Waals surface area contributed by atoms with E-state index in [0.717, 1.165) is 31.2 Å². The Hall–Kier alpha value is -4.12. The van der Waals surface area contributed by atoms with E-state index >= 15 is 0 Å². The molecule has 1 saturated carbocycles. The standard InChI is InChI=1S/C25H24N4O4/c1-16-6-5-13-29-22(16)28-24(33-20-11-9-19(32-2)10-12-20)21(25(29)31)14-17(15-26)23(30)27-18-7-3-4-8-18/h5-6,9-14,18H,3-4,7-8H2,1-2H3,(H,27,30)/b17-14+. The smallest absolute Gasteiger partial charge is 0.269 e. The van der Waals surface area contributed by atoms with E-state index in [2.05, 4.69) is 10.3 Å². The van der Waals surface area contributed by atoms with Crippen LogP contribution >= 0.6 is 0 Å². The summed E-state index contributed by atoms with van der Waals surface area (Å²) >= 11 is 0. The quantitative estimate of drug-likeness (QED) is 0.458. The monoisotopic (exact) mass is 444 g/mol. The number of aromatic nitrogens is 2. The molecule has 1 amide bonds. The molecule has 0 atom stereocenters. The number of pyridine rings is 1. The zero-order valence-corrected chi connectivity index (χ0v) is 18.5. The maximum atomic E-state index is 13.3. The third kappa shape index (κ3) is 4.72. The molecule has 33 heavy (non-hydrogen) atoms. The van der Waals surface area contributed by atoms with E-state index in [9.17, 15) is 14.9 Å². The van der Waals surface area contributed by atoms with Gasteiger partial charge in [0.2, 0.25) is 5.88 Å². The molecule has 8 heteroatoms. The zero-order chi connectivity index (χ0) is 23.4. The number of hydrogen-bond acceptors (Lipinski definition) is 6. The van der Waals surface area contributed by atoms with Gasteiger partial charge < -0.3 is 14.8 Å². The van der Waals surface area contributed by atoms with Gasteiger partial charge in [0.1, 0.15) is 34.4 Å². The molecule has 4 rings (SSSR count). The summed E-state index contributed by atoms with van der Waals surface area (Å²) in [5, 5.41) is 12.5. The average Bonchev–Trinajstić information content (AvgIpc) is 3.33. The van der Waals surface area contributed by atoms with Crippen LogP contribution in [0.1, 0.15) is 36.8 Å². The van der Waals surface area contributed by atoms with Crippen molar-refractivity contribution in [1.82, 2.24) is 14.7 Å². The van der Waals surface area contributed by atoms with Crippen molar-refractivity contribution in [3.63, 3.8) is 0 Å². The van der Waals surface area contributed by atoms with Crippen molar-refractivity contribution in [2.45, 2.75) is 38.6 Å². The van der Waals surface area contributed by atoms with Gasteiger partial charge in [0.15, 0.2) is 0 Å². The maximum Gasteiger partial charge on any atom is 0.269 e. The molecule has 1 N–H and O–H groups in total. The Bertz CT molecular complexity index is 1310. The van der Waals surface area contributed by atoms with E-state index in [1.165, 1.54) is 10.5 Å². The van der Waals surface area contributed by atoms with Crippen LogP contribution in [0, 0.1) is 18.3 Å². The van der Waals surface area contributed by atoms with Gasteiger partial charge in [-0.25, -0.2) is 0 Å². The molecule has 1 aromatic carbocycles. The van der Waals surface area contributed by atoms with Crippen molar-refractivity contribution in [3.8, 4) is 23.4 Å². The van der Waals surface area contributed by atoms with Gasteiger partial charge in [0.05, 0.1) is 7.11 Å². The number of aryl methyl sites for hydroxylation is 1. The lowest BCUT2D eigenvalue weighted by molar-refractivity contribution is -0.117. The fourth-order valence-electron chi connectivity index (χ4n) is 3.88. The normalized spacial score (nSPS) is 14.2. The predicted molar refractivity (Wildman–Crippen MR) is 123 cm³/mol. The average molecular weight is 444 g/mol. The van der Waals surface area contributed by atoms with Crippen molar-refractivity contribution < 1.29 is 14.3 Å². The Balaban J connectivity index is 1.80. The molecule has 0 aliphatic heterocycles. The van der Waals surface area contributed by atoms with E-state index < -0.39 is 11.5 Å². The van der Waals surface area contributed by atoms with Gasteiger partial charge >= 0.3 is 0 Å². The Kier molecular flexibility index (Phi) is 6.41. The largest absolute Gasteiger partial charge is 0.497 e. The van der Waals surface area contributed by atoms with Crippen LogP contribution in [0.2, 0.25) is 0 Å². The molecule has 168 valence electrons. The van der Waals surface area contributed by atoms with Crippen molar-refractivity contribution >= 4 is 17.6 Å². The number of carbonyl (C=O) groups excluding carboxylic acids is 1. The number of ether oxygens (including phenoxy) is 2. The van der Waals surface area contributed by atoms with E-state index in [0.29, 0.717) is 17.1 Å². The molecule has 0 saturated heterocycles. The van der Waals surface area contributed by atoms with Crippen LogP contribution in [0.5, 0.6) is 17.4 Å². The second kappa shape index (κ2) is 9.57. The highest BCUT2D eigenvalue weighted by Crippen LogP contribution is 2.26. The fraction of sp³-hybridized carbons (Fsp3) is 0.280. The second-order valence-corrected chi connectivity index (χ2v) is 7.92. The molecule has 2 aromatic heterocycles. The number of hydrogen-bond donors (Lipinski definition) is 1. The first-order valence-electron chi connectivity index (χ1n) is 10.8. The molecule has 0 radical (unpaired) electrons. The van der Waals surface area contributed by atoms with Gasteiger partial charge in [-0.3, -0.25) is 14.0 Å². The Morgan fingerprint density at radius 1 is 1.21 bits per heavy atom. The summed E-state index contributed by atoms with van der Waals surface area (Å²) in [5.41, 5.74) is 0.620. The topological polar surface area (TPSA) is 106 Å². The lowest BCUT2D eigenvalue weighted by atomic mass is 10.1. The molecule has 0 unspecified atom stereocenters. The summed E-state index contributed by atoms with van der Waals surface area (Å²) in [7, 11) is 1.56. The number of nitrogens with zero attached hydrogens (tertiary/aromatic N) is 3. The van der Waals surface area contributed by atoms with Crippen molar-refractivity contribution in [2.75, 3.05) is 7.11 Å². The van der Waals surface area contributed by atoms with Crippen LogP contribution in [0.25, 0.3) is 11.7 Å². The van der Waals surface area contributed by atoms with E-state index in [1.54, 1.807) is 43.6 Å². The van der Waals surface area contributed by atoms with Gasteiger partial charge in [-0.05, 0) is 61.7 Å². The fourth-order valence-corrected chi connectivity index (χ4v) is 3.88. The van der Waals surface area contributed by atoms with Crippen LogP contribution in [0.4, 0.5) is 0 Å². The van der Waals surface area contributed by atoms with Gasteiger partial charge in [0.25, 0.3) is 11.5 Å². The minimum absolute atomic E-state index is 0.0147. The summed E-state index contributed by atoms with van der Waals surface area (Å²) in [4.78, 5) is 30.6. The molecule has 1 fully saturated rings. The molecule has 1 aliphatic carbocycles. The number of benzene rings is 1. The molecular formula is C25H24N4O4. The zero-order valence-electron chi connectivity index (χ0n) is 18.5. The highest BCUT2D eigenvalue weighted by Gasteiger charge is 2.21. The molecular weight excluding hydrogens is 420 g/mol. The lowest BCUT2D eigenvalue weighted by Gasteiger charge is -2.13. The number of rotatable bonds is 6. The summed E-state index contributed by atoms with van der Waals surface area (Å²) in [6.07, 6.45) is 6.72. The van der Waals surface area contributed by atoms with E-state index in [-0.39, 0.29) is 23.1 Å². The molecule has 8 nitrogen and oxygen atoms in total. The van der Waals surface area contributed by atoms with Crippen LogP contribution in [0.15, 0.2) is 53.0 Å². The molecule has 1 aliphatic rings. The van der Waals surface area contributed by atoms with Crippen LogP contribution in [0.3, 0.4) is 0 Å². The minimum Gasteiger partial charge on any atom is -0.497 e. The third-order valence-corrected chi connectivity index (χ3v) is 5.67. The Labute approximate surface area is 191 Å². The van der Waals surface area contributed by atoms with Crippen LogP contribution < -0.4 is 20.3 Å². The third-order valence-electron chi connectivity index (χ3n) is 5.67. The summed E-state index contributed by atoms with van der Waals surface area (Å²) in [6.45, 7) is 1.84. The summed E-state index contributed by atoms with van der Waals surface area (Å²) in [6, 6.07) is 12.4. The molecule has 0 bridgehead atoms. The van der Waals surface area contributed by atoms with Crippen molar-refractivity contribution in [3.05, 3.63) is 69.6 Å². The second-order valence-electron chi connectivity index (χ2n) is 7.92. The summed E-state index contributed by atoms with van der Waals surface area (Å²) < 4.78 is 12.5. The molecule has 2 heterocycles. The number of nitriles is 1. The molecule has 0 spiro atoms. The van der Waals surface area contributed by atoms with Gasteiger partial charge in [-0.2, -0.15) is 10.2 Å². The van der Waals surface area contributed by atoms with Crippen LogP contribution in [-0.4, -0.2) is 28.4 Å². The first-order valence-corrected chi connectivity index (χ1v) is 10.8. The van der Waals surface area contributed by atoms with Gasteiger partial charge in [-0.1, -0.05) is 18.9 Å². The highest BCUT2D eigenvalue weighted by molar-refractivity contribution is 6.02. The van der Waals surface area contributed by atoms with Gasteiger partial charge in [-0.15, -0.1) is 0 Å². The highest BCUT2D eigenvalue weighted by atomic mass is 16.5. The lowest BCUT2D eigenvalue weighted by Crippen LogP contribution is -2.33. The number of amides is 1. The molecule has 3 aromatic rings. The van der Waals surface area contributed by atoms with Crippen molar-refractivity contribution in [1.29, 1.82) is 5.26 Å². The first-order chi connectivity index (χ1) is 16.0. The SMILES string of the molecule is COc1ccc(Oc2nc3c(C)cccn3c(=O)c2/C=C(\C#N)C(=O)NC2CCCC2)cc1. The first kappa shape index (κ1) is 22.1. The van der Waals surface area contributed by atoms with E-state index in [1.807, 2.05) is 19.1 Å². The number of fused-ring (bicyclic) bond motifs is 1. The van der Waals surface area contributed by atoms with Crippen molar-refractivity contribution in [2.24, 2.45) is 0 Å². The Morgan fingerprint density at radius 2 is 1.91 bits per heavy atom. The predicted octanol–water partition coefficient (Wildman–Crippen LogP) is 3.77. The summed E-state index contributed by atoms with van der Waals surface area (Å²) in [5.74, 6) is 0.596. The van der Waals surface area contributed by atoms with E-state index in [4.69, 9.17) is 9.47 Å². The number of nitrogens with one attached hydrogen (secondary N) is 1.